The first-order valence-corrected chi connectivity index (χ1v) is 17.0. The van der Waals surface area contributed by atoms with Crippen LogP contribution in [0, 0.1) is 0 Å². The van der Waals surface area contributed by atoms with Gasteiger partial charge in [0.1, 0.15) is 5.75 Å². The third kappa shape index (κ3) is 10.1. The van der Waals surface area contributed by atoms with Crippen LogP contribution < -0.4 is 4.74 Å². The monoisotopic (exact) mass is 582 g/mol. The second-order valence-corrected chi connectivity index (χ2v) is 12.7. The lowest BCUT2D eigenvalue weighted by atomic mass is 10.0. The molecule has 0 saturated carbocycles. The van der Waals surface area contributed by atoms with Crippen molar-refractivity contribution in [1.82, 2.24) is 0 Å². The van der Waals surface area contributed by atoms with E-state index in [1.807, 2.05) is 72.1 Å². The van der Waals surface area contributed by atoms with E-state index in [0.717, 1.165) is 22.3 Å². The second kappa shape index (κ2) is 17.1. The Morgan fingerprint density at radius 3 is 1.39 bits per heavy atom. The van der Waals surface area contributed by atoms with Crippen LogP contribution in [0.3, 0.4) is 0 Å². The summed E-state index contributed by atoms with van der Waals surface area (Å²) >= 11 is 3.85. The maximum Gasteiger partial charge on any atom is 0.343 e. The molecule has 0 aliphatic rings. The highest BCUT2D eigenvalue weighted by molar-refractivity contribution is 7.99. The molecule has 214 valence electrons. The van der Waals surface area contributed by atoms with E-state index >= 15 is 0 Å². The number of benzene rings is 4. The van der Waals surface area contributed by atoms with Crippen molar-refractivity contribution in [2.75, 3.05) is 11.5 Å². The van der Waals surface area contributed by atoms with Crippen LogP contribution in [0.25, 0.3) is 22.3 Å². The number of thioether (sulfide) groups is 2. The number of hydrogen-bond donors (Lipinski definition) is 0. The number of carbonyl (C=O) groups excluding carboxylic acids is 1. The molecule has 0 heterocycles. The van der Waals surface area contributed by atoms with Gasteiger partial charge in [-0.25, -0.2) is 4.79 Å². The third-order valence-electron chi connectivity index (χ3n) is 7.09. The Kier molecular flexibility index (Phi) is 12.9. The first-order chi connectivity index (χ1) is 20.2. The molecular weight excluding hydrogens is 541 g/mol. The van der Waals surface area contributed by atoms with Crippen molar-refractivity contribution in [2.24, 2.45) is 0 Å². The highest BCUT2D eigenvalue weighted by Gasteiger charge is 2.10. The van der Waals surface area contributed by atoms with Gasteiger partial charge >= 0.3 is 5.97 Å². The van der Waals surface area contributed by atoms with E-state index in [2.05, 4.69) is 62.4 Å². The summed E-state index contributed by atoms with van der Waals surface area (Å²) < 4.78 is 5.66. The van der Waals surface area contributed by atoms with Gasteiger partial charge in [0, 0.05) is 9.79 Å². The van der Waals surface area contributed by atoms with Crippen molar-refractivity contribution in [3.63, 3.8) is 0 Å². The van der Waals surface area contributed by atoms with E-state index in [4.69, 9.17) is 4.74 Å². The molecule has 0 bridgehead atoms. The molecule has 2 nitrogen and oxygen atoms in total. The number of unbranched alkanes of at least 4 members (excludes halogenated alkanes) is 6. The minimum atomic E-state index is -0.348. The molecule has 4 aromatic carbocycles. The Bertz CT molecular complexity index is 1310. The average molecular weight is 583 g/mol. The highest BCUT2D eigenvalue weighted by Crippen LogP contribution is 2.28. The fourth-order valence-electron chi connectivity index (χ4n) is 4.61. The summed E-state index contributed by atoms with van der Waals surface area (Å²) in [6.07, 6.45) is 10.4. The van der Waals surface area contributed by atoms with E-state index < -0.39 is 0 Å². The summed E-state index contributed by atoms with van der Waals surface area (Å²) in [4.78, 5) is 15.4. The Hall–Kier alpha value is -2.95. The number of carbonyl (C=O) groups is 1. The summed E-state index contributed by atoms with van der Waals surface area (Å²) in [5.74, 6) is 2.54. The number of hydrogen-bond acceptors (Lipinski definition) is 4. The summed E-state index contributed by atoms with van der Waals surface area (Å²) in [6, 6.07) is 32.8. The molecule has 0 atom stereocenters. The van der Waals surface area contributed by atoms with Crippen molar-refractivity contribution in [2.45, 2.75) is 75.0 Å². The molecule has 4 aromatic rings. The lowest BCUT2D eigenvalue weighted by molar-refractivity contribution is 0.0735. The second-order valence-electron chi connectivity index (χ2n) is 10.4. The van der Waals surface area contributed by atoms with Crippen molar-refractivity contribution >= 4 is 29.5 Å². The Labute approximate surface area is 255 Å². The molecule has 0 aromatic heterocycles. The van der Waals surface area contributed by atoms with E-state index in [1.165, 1.54) is 72.7 Å². The third-order valence-corrected chi connectivity index (χ3v) is 9.29. The van der Waals surface area contributed by atoms with Crippen LogP contribution in [0.4, 0.5) is 0 Å². The normalized spacial score (nSPS) is 11.0. The minimum Gasteiger partial charge on any atom is -0.423 e. The van der Waals surface area contributed by atoms with Crippen LogP contribution in [-0.4, -0.2) is 17.5 Å². The summed E-state index contributed by atoms with van der Waals surface area (Å²) in [5, 5.41) is 0. The summed E-state index contributed by atoms with van der Waals surface area (Å²) in [6.45, 7) is 4.49. The molecule has 0 aliphatic heterocycles. The molecule has 0 radical (unpaired) electrons. The van der Waals surface area contributed by atoms with Gasteiger partial charge in [-0.2, -0.15) is 0 Å². The maximum atomic E-state index is 12.8. The molecule has 0 spiro atoms. The smallest absolute Gasteiger partial charge is 0.343 e. The van der Waals surface area contributed by atoms with Gasteiger partial charge in [0.15, 0.2) is 0 Å². The van der Waals surface area contributed by atoms with Gasteiger partial charge in [-0.3, -0.25) is 0 Å². The van der Waals surface area contributed by atoms with E-state index in [9.17, 15) is 4.79 Å². The lowest BCUT2D eigenvalue weighted by Gasteiger charge is -2.08. The van der Waals surface area contributed by atoms with Gasteiger partial charge in [0.2, 0.25) is 0 Å². The van der Waals surface area contributed by atoms with Gasteiger partial charge in [-0.15, -0.1) is 23.5 Å². The fraction of sp³-hybridized carbons (Fsp3) is 0.324. The van der Waals surface area contributed by atoms with Crippen LogP contribution in [0.5, 0.6) is 5.75 Å². The summed E-state index contributed by atoms with van der Waals surface area (Å²) in [7, 11) is 0. The molecule has 4 heteroatoms. The standard InChI is InChI=1S/C37H42O2S2/c1-3-5-7-8-10-28-41-36-25-19-32(20-26-36)30-15-21-34(22-16-30)39-37(38)33-13-11-29(12-14-33)31-17-23-35(24-18-31)40-27-9-6-4-2/h11-26H,3-10,27-28H2,1-2H3. The van der Waals surface area contributed by atoms with Crippen LogP contribution >= 0.6 is 23.5 Å². The number of ether oxygens (including phenoxy) is 1. The predicted molar refractivity (Wildman–Crippen MR) is 178 cm³/mol. The minimum absolute atomic E-state index is 0.348. The Morgan fingerprint density at radius 2 is 0.902 bits per heavy atom. The topological polar surface area (TPSA) is 26.3 Å². The molecule has 0 saturated heterocycles. The van der Waals surface area contributed by atoms with Crippen LogP contribution in [-0.2, 0) is 0 Å². The molecule has 4 rings (SSSR count). The highest BCUT2D eigenvalue weighted by atomic mass is 32.2. The maximum absolute atomic E-state index is 12.8. The lowest BCUT2D eigenvalue weighted by Crippen LogP contribution is -2.08. The average Bonchev–Trinajstić information content (AvgIpc) is 3.02. The molecule has 0 N–H and O–H groups in total. The first kappa shape index (κ1) is 31.0. The largest absolute Gasteiger partial charge is 0.423 e. The quantitative estimate of drug-likeness (QED) is 0.0568. The first-order valence-electron chi connectivity index (χ1n) is 15.0. The van der Waals surface area contributed by atoms with Gasteiger partial charge in [-0.05, 0) is 95.1 Å². The molecule has 0 fully saturated rings. The van der Waals surface area contributed by atoms with Crippen molar-refractivity contribution < 1.29 is 9.53 Å². The zero-order chi connectivity index (χ0) is 28.7. The van der Waals surface area contributed by atoms with Gasteiger partial charge in [0.05, 0.1) is 5.56 Å². The molecule has 0 amide bonds. The fourth-order valence-corrected chi connectivity index (χ4v) is 6.43. The molecule has 0 aliphatic carbocycles. The van der Waals surface area contributed by atoms with Crippen molar-refractivity contribution in [3.8, 4) is 28.0 Å². The van der Waals surface area contributed by atoms with Crippen molar-refractivity contribution in [3.05, 3.63) is 103 Å². The Balaban J connectivity index is 1.26. The zero-order valence-electron chi connectivity index (χ0n) is 24.4. The molecule has 41 heavy (non-hydrogen) atoms. The zero-order valence-corrected chi connectivity index (χ0v) is 26.1. The predicted octanol–water partition coefficient (Wildman–Crippen LogP) is 11.6. The van der Waals surface area contributed by atoms with Crippen LogP contribution in [0.1, 0.15) is 75.6 Å². The molecule has 0 unspecified atom stereocenters. The van der Waals surface area contributed by atoms with Gasteiger partial charge < -0.3 is 4.74 Å². The number of rotatable bonds is 16. The van der Waals surface area contributed by atoms with Gasteiger partial charge in [0.25, 0.3) is 0 Å². The molecular formula is C37H42O2S2. The van der Waals surface area contributed by atoms with E-state index in [-0.39, 0.29) is 5.97 Å². The van der Waals surface area contributed by atoms with E-state index in [0.29, 0.717) is 11.3 Å². The van der Waals surface area contributed by atoms with Crippen molar-refractivity contribution in [1.29, 1.82) is 0 Å². The van der Waals surface area contributed by atoms with Crippen LogP contribution in [0.15, 0.2) is 107 Å². The Morgan fingerprint density at radius 1 is 0.512 bits per heavy atom. The SMILES string of the molecule is CCCCCCCSc1ccc(-c2ccc(OC(=O)c3ccc(-c4ccc(SCCCCC)cc4)cc3)cc2)cc1. The van der Waals surface area contributed by atoms with Crippen LogP contribution in [0.2, 0.25) is 0 Å². The summed E-state index contributed by atoms with van der Waals surface area (Å²) in [5.41, 5.74) is 5.04. The van der Waals surface area contributed by atoms with Gasteiger partial charge in [-0.1, -0.05) is 101 Å². The van der Waals surface area contributed by atoms with E-state index in [1.54, 1.807) is 0 Å². The number of esters is 1.